The molecule has 16 heavy (non-hydrogen) atoms. The molecule has 2 rings (SSSR count). The van der Waals surface area contributed by atoms with Crippen LogP contribution in [0.5, 0.6) is 0 Å². The maximum Gasteiger partial charge on any atom is 0.161 e. The topological polar surface area (TPSA) is 33.2 Å². The lowest BCUT2D eigenvalue weighted by Crippen LogP contribution is -2.35. The van der Waals surface area contributed by atoms with Crippen LogP contribution in [0.3, 0.4) is 0 Å². The summed E-state index contributed by atoms with van der Waals surface area (Å²) in [6.07, 6.45) is 6.21. The molecule has 0 radical (unpaired) electrons. The van der Waals surface area contributed by atoms with E-state index in [1.165, 1.54) is 37.3 Å². The van der Waals surface area contributed by atoms with Crippen LogP contribution in [0.1, 0.15) is 34.4 Å². The van der Waals surface area contributed by atoms with Gasteiger partial charge in [0.1, 0.15) is 0 Å². The van der Waals surface area contributed by atoms with Crippen molar-refractivity contribution in [2.24, 2.45) is 5.92 Å². The molecule has 1 atom stereocenters. The Morgan fingerprint density at radius 1 is 1.69 bits per heavy atom. The minimum atomic E-state index is 0.722. The van der Waals surface area contributed by atoms with Gasteiger partial charge in [-0.3, -0.25) is 4.79 Å². The van der Waals surface area contributed by atoms with Gasteiger partial charge < -0.3 is 4.90 Å². The molecule has 0 bridgehead atoms. The molecule has 1 aliphatic heterocycles. The number of aldehydes is 1. The molecule has 2 heterocycles. The summed E-state index contributed by atoms with van der Waals surface area (Å²) < 4.78 is 0. The number of piperidine rings is 1. The van der Waals surface area contributed by atoms with E-state index >= 15 is 0 Å². The predicted octanol–water partition coefficient (Wildman–Crippen LogP) is 2.23. The Balaban J connectivity index is 1.91. The lowest BCUT2D eigenvalue weighted by molar-refractivity contribution is 0.112. The van der Waals surface area contributed by atoms with Gasteiger partial charge in [0.25, 0.3) is 0 Å². The molecule has 1 saturated heterocycles. The van der Waals surface area contributed by atoms with Gasteiger partial charge in [-0.1, -0.05) is 6.92 Å². The number of aromatic nitrogens is 1. The highest BCUT2D eigenvalue weighted by Crippen LogP contribution is 2.22. The fourth-order valence-electron chi connectivity index (χ4n) is 2.33. The highest BCUT2D eigenvalue weighted by molar-refractivity contribution is 7.13. The standard InChI is InChI=1S/C12H18N2OS/c1-2-14-5-3-4-10(8-14)6-12-13-7-11(9-15)16-12/h7,9-10H,2-6,8H2,1H3. The molecule has 88 valence electrons. The van der Waals surface area contributed by atoms with E-state index in [9.17, 15) is 4.79 Å². The lowest BCUT2D eigenvalue weighted by Gasteiger charge is -2.31. The van der Waals surface area contributed by atoms with Crippen molar-refractivity contribution in [3.63, 3.8) is 0 Å². The van der Waals surface area contributed by atoms with Crippen molar-refractivity contribution in [1.82, 2.24) is 9.88 Å². The second-order valence-corrected chi connectivity index (χ2v) is 5.53. The SMILES string of the molecule is CCN1CCCC(Cc2ncc(C=O)s2)C1. The molecule has 0 amide bonds. The normalized spacial score (nSPS) is 22.2. The van der Waals surface area contributed by atoms with Crippen LogP contribution in [0, 0.1) is 5.92 Å². The van der Waals surface area contributed by atoms with Crippen molar-refractivity contribution in [2.75, 3.05) is 19.6 Å². The Kier molecular flexibility index (Phi) is 4.07. The first-order valence-electron chi connectivity index (χ1n) is 5.94. The summed E-state index contributed by atoms with van der Waals surface area (Å²) >= 11 is 1.54. The van der Waals surface area contributed by atoms with Gasteiger partial charge in [0.15, 0.2) is 6.29 Å². The molecule has 3 nitrogen and oxygen atoms in total. The zero-order valence-corrected chi connectivity index (χ0v) is 10.5. The Hall–Kier alpha value is -0.740. The van der Waals surface area contributed by atoms with Crippen molar-refractivity contribution in [3.8, 4) is 0 Å². The molecule has 1 aromatic heterocycles. The summed E-state index contributed by atoms with van der Waals surface area (Å²) in [5.74, 6) is 0.722. The number of hydrogen-bond donors (Lipinski definition) is 0. The monoisotopic (exact) mass is 238 g/mol. The third kappa shape index (κ3) is 2.89. The lowest BCUT2D eigenvalue weighted by atomic mass is 9.95. The minimum absolute atomic E-state index is 0.722. The summed E-state index contributed by atoms with van der Waals surface area (Å²) in [7, 11) is 0. The van der Waals surface area contributed by atoms with Gasteiger partial charge in [0.2, 0.25) is 0 Å². The van der Waals surface area contributed by atoms with Crippen LogP contribution in [0.25, 0.3) is 0 Å². The largest absolute Gasteiger partial charge is 0.303 e. The fraction of sp³-hybridized carbons (Fsp3) is 0.667. The van der Waals surface area contributed by atoms with Crippen molar-refractivity contribution < 1.29 is 4.79 Å². The quantitative estimate of drug-likeness (QED) is 0.754. The zero-order valence-electron chi connectivity index (χ0n) is 9.69. The minimum Gasteiger partial charge on any atom is -0.303 e. The van der Waals surface area contributed by atoms with Gasteiger partial charge in [-0.25, -0.2) is 4.98 Å². The van der Waals surface area contributed by atoms with E-state index in [2.05, 4.69) is 16.8 Å². The van der Waals surface area contributed by atoms with E-state index in [1.807, 2.05) is 0 Å². The van der Waals surface area contributed by atoms with Crippen LogP contribution in [-0.4, -0.2) is 35.8 Å². The van der Waals surface area contributed by atoms with Gasteiger partial charge >= 0.3 is 0 Å². The van der Waals surface area contributed by atoms with E-state index in [0.29, 0.717) is 0 Å². The molecular formula is C12H18N2OS. The Morgan fingerprint density at radius 2 is 2.56 bits per heavy atom. The van der Waals surface area contributed by atoms with E-state index in [0.717, 1.165) is 35.1 Å². The van der Waals surface area contributed by atoms with Gasteiger partial charge in [0.05, 0.1) is 9.88 Å². The molecular weight excluding hydrogens is 220 g/mol. The van der Waals surface area contributed by atoms with E-state index in [4.69, 9.17) is 0 Å². The molecule has 1 fully saturated rings. The van der Waals surface area contributed by atoms with Crippen LogP contribution in [0.15, 0.2) is 6.20 Å². The highest BCUT2D eigenvalue weighted by Gasteiger charge is 2.19. The third-order valence-corrected chi connectivity index (χ3v) is 4.15. The van der Waals surface area contributed by atoms with Crippen LogP contribution in [-0.2, 0) is 6.42 Å². The average molecular weight is 238 g/mol. The number of thiazole rings is 1. The highest BCUT2D eigenvalue weighted by atomic mass is 32.1. The van der Waals surface area contributed by atoms with Gasteiger partial charge in [-0.05, 0) is 31.8 Å². The smallest absolute Gasteiger partial charge is 0.161 e. The van der Waals surface area contributed by atoms with Crippen LogP contribution >= 0.6 is 11.3 Å². The summed E-state index contributed by atoms with van der Waals surface area (Å²) in [5, 5.41) is 1.12. The van der Waals surface area contributed by atoms with Crippen molar-refractivity contribution in [3.05, 3.63) is 16.1 Å². The Bertz CT molecular complexity index is 351. The average Bonchev–Trinajstić information content (AvgIpc) is 2.77. The Morgan fingerprint density at radius 3 is 3.25 bits per heavy atom. The second-order valence-electron chi connectivity index (χ2n) is 4.38. The molecule has 1 aliphatic rings. The zero-order chi connectivity index (χ0) is 11.4. The van der Waals surface area contributed by atoms with E-state index in [-0.39, 0.29) is 0 Å². The van der Waals surface area contributed by atoms with Gasteiger partial charge in [-0.2, -0.15) is 0 Å². The number of likely N-dealkylation sites (tertiary alicyclic amines) is 1. The molecule has 1 unspecified atom stereocenters. The van der Waals surface area contributed by atoms with Crippen LogP contribution < -0.4 is 0 Å². The Labute approximate surface area is 100 Å². The maximum atomic E-state index is 10.6. The van der Waals surface area contributed by atoms with E-state index < -0.39 is 0 Å². The van der Waals surface area contributed by atoms with E-state index in [1.54, 1.807) is 6.20 Å². The van der Waals surface area contributed by atoms with Gasteiger partial charge in [0, 0.05) is 19.2 Å². The first-order chi connectivity index (χ1) is 7.81. The maximum absolute atomic E-state index is 10.6. The van der Waals surface area contributed by atoms with Gasteiger partial charge in [-0.15, -0.1) is 11.3 Å². The van der Waals surface area contributed by atoms with Crippen molar-refractivity contribution in [2.45, 2.75) is 26.2 Å². The summed E-state index contributed by atoms with van der Waals surface area (Å²) in [6, 6.07) is 0. The van der Waals surface area contributed by atoms with Crippen molar-refractivity contribution >= 4 is 17.6 Å². The number of hydrogen-bond acceptors (Lipinski definition) is 4. The molecule has 0 N–H and O–H groups in total. The molecule has 1 aromatic rings. The molecule has 0 aliphatic carbocycles. The van der Waals surface area contributed by atoms with Crippen molar-refractivity contribution in [1.29, 1.82) is 0 Å². The fourth-order valence-corrected chi connectivity index (χ4v) is 3.18. The number of rotatable bonds is 4. The number of carbonyl (C=O) groups is 1. The summed E-state index contributed by atoms with van der Waals surface area (Å²) in [5.41, 5.74) is 0. The predicted molar refractivity (Wildman–Crippen MR) is 66.0 cm³/mol. The first kappa shape index (κ1) is 11.7. The summed E-state index contributed by atoms with van der Waals surface area (Å²) in [6.45, 7) is 5.79. The number of nitrogens with zero attached hydrogens (tertiary/aromatic N) is 2. The first-order valence-corrected chi connectivity index (χ1v) is 6.75. The summed E-state index contributed by atoms with van der Waals surface area (Å²) in [4.78, 5) is 18.1. The van der Waals surface area contributed by atoms with Crippen LogP contribution in [0.4, 0.5) is 0 Å². The third-order valence-electron chi connectivity index (χ3n) is 3.20. The molecule has 4 heteroatoms. The van der Waals surface area contributed by atoms with Crippen LogP contribution in [0.2, 0.25) is 0 Å². The molecule has 0 saturated carbocycles. The number of carbonyl (C=O) groups excluding carboxylic acids is 1. The molecule has 0 aromatic carbocycles. The second kappa shape index (κ2) is 5.55. The molecule has 0 spiro atoms.